The van der Waals surface area contributed by atoms with Gasteiger partial charge >= 0.3 is 0 Å². The minimum Gasteiger partial charge on any atom is -0.394 e. The van der Waals surface area contributed by atoms with Crippen molar-refractivity contribution in [3.63, 3.8) is 0 Å². The fourth-order valence-electron chi connectivity index (χ4n) is 3.12. The third-order valence-electron chi connectivity index (χ3n) is 4.52. The van der Waals surface area contributed by atoms with E-state index in [-0.39, 0.29) is 23.1 Å². The fourth-order valence-corrected chi connectivity index (χ4v) is 3.12. The van der Waals surface area contributed by atoms with Gasteiger partial charge in [-0.3, -0.25) is 14.3 Å². The number of aromatic amines is 1. The monoisotopic (exact) mass is 401 g/mol. The number of hydrogen-bond donors (Lipinski definition) is 6. The summed E-state index contributed by atoms with van der Waals surface area (Å²) in [6.07, 6.45) is -3.43. The number of anilines is 2. The molecule has 4 unspecified atom stereocenters. The summed E-state index contributed by atoms with van der Waals surface area (Å²) in [6.45, 7) is -0.508. The van der Waals surface area contributed by atoms with Gasteiger partial charge in [0, 0.05) is 0 Å². The lowest BCUT2D eigenvalue weighted by molar-refractivity contribution is -0.0501. The molecule has 7 N–H and O–H groups in total. The van der Waals surface area contributed by atoms with E-state index in [1.807, 2.05) is 30.3 Å². The maximum absolute atomic E-state index is 12.2. The molecule has 1 fully saturated rings. The minimum absolute atomic E-state index is 0.0264. The molecule has 4 atom stereocenters. The highest BCUT2D eigenvalue weighted by molar-refractivity contribution is 5.80. The van der Waals surface area contributed by atoms with Gasteiger partial charge in [0.25, 0.3) is 5.56 Å². The predicted octanol–water partition coefficient (Wildman–Crippen LogP) is -1.24. The van der Waals surface area contributed by atoms with E-state index in [0.29, 0.717) is 0 Å². The number of nitrogens with two attached hydrogens (primary N) is 1. The van der Waals surface area contributed by atoms with E-state index in [0.717, 1.165) is 5.56 Å². The Bertz CT molecular complexity index is 1100. The minimum atomic E-state index is -1.41. The average molecular weight is 401 g/mol. The molecule has 3 heterocycles. The van der Waals surface area contributed by atoms with Crippen molar-refractivity contribution in [3.05, 3.63) is 46.2 Å². The number of imidazole rings is 1. The lowest BCUT2D eigenvalue weighted by atomic mass is 10.1. The molecule has 0 aliphatic carbocycles. The molecule has 2 aromatic heterocycles. The van der Waals surface area contributed by atoms with Crippen LogP contribution in [-0.4, -0.2) is 66.0 Å². The molecule has 3 aromatic rings. The molecular formula is C17H19N7O5. The summed E-state index contributed by atoms with van der Waals surface area (Å²) in [5.41, 5.74) is 8.53. The number of H-pyrrole nitrogens is 1. The van der Waals surface area contributed by atoms with Crippen LogP contribution in [0.5, 0.6) is 0 Å². The van der Waals surface area contributed by atoms with Crippen LogP contribution in [0.2, 0.25) is 0 Å². The Labute approximate surface area is 163 Å². The van der Waals surface area contributed by atoms with E-state index in [9.17, 15) is 20.1 Å². The lowest BCUT2D eigenvalue weighted by Crippen LogP contribution is -2.33. The van der Waals surface area contributed by atoms with Crippen molar-refractivity contribution < 1.29 is 20.1 Å². The number of aliphatic hydroxyl groups excluding tert-OH is 3. The summed E-state index contributed by atoms with van der Waals surface area (Å²) in [4.78, 5) is 22.8. The molecule has 12 heteroatoms. The van der Waals surface area contributed by atoms with E-state index in [2.05, 4.69) is 25.5 Å². The Morgan fingerprint density at radius 1 is 1.28 bits per heavy atom. The second kappa shape index (κ2) is 7.60. The Morgan fingerprint density at radius 3 is 2.72 bits per heavy atom. The molecule has 0 spiro atoms. The van der Waals surface area contributed by atoms with Crippen LogP contribution >= 0.6 is 0 Å². The Balaban J connectivity index is 1.77. The van der Waals surface area contributed by atoms with Crippen molar-refractivity contribution >= 4 is 29.3 Å². The fraction of sp³-hybridized carbons (Fsp3) is 0.294. The molecule has 1 aliphatic heterocycles. The maximum atomic E-state index is 12.2. The zero-order valence-electron chi connectivity index (χ0n) is 15.0. The molecule has 29 heavy (non-hydrogen) atoms. The second-order valence-corrected chi connectivity index (χ2v) is 6.44. The smallest absolute Gasteiger partial charge is 0.280 e. The number of nitrogens with zero attached hydrogens (tertiary/aromatic N) is 4. The Kier molecular flexibility index (Phi) is 4.98. The topological polar surface area (TPSA) is 184 Å². The molecule has 0 saturated carbocycles. The van der Waals surface area contributed by atoms with E-state index >= 15 is 0 Å². The van der Waals surface area contributed by atoms with Crippen LogP contribution < -0.4 is 16.7 Å². The normalized spacial score (nSPS) is 24.5. The van der Waals surface area contributed by atoms with Gasteiger partial charge in [0.1, 0.15) is 18.3 Å². The van der Waals surface area contributed by atoms with Gasteiger partial charge in [0.2, 0.25) is 11.9 Å². The highest BCUT2D eigenvalue weighted by Gasteiger charge is 2.45. The van der Waals surface area contributed by atoms with E-state index < -0.39 is 36.7 Å². The van der Waals surface area contributed by atoms with Crippen molar-refractivity contribution in [2.45, 2.75) is 24.5 Å². The Hall–Kier alpha value is -3.32. The van der Waals surface area contributed by atoms with Crippen LogP contribution in [0.1, 0.15) is 11.8 Å². The molecule has 12 nitrogen and oxygen atoms in total. The van der Waals surface area contributed by atoms with Crippen LogP contribution in [0.4, 0.5) is 11.9 Å². The van der Waals surface area contributed by atoms with Crippen LogP contribution in [0.25, 0.3) is 11.2 Å². The number of hydrazone groups is 1. The Morgan fingerprint density at radius 2 is 2.03 bits per heavy atom. The first-order chi connectivity index (χ1) is 14.0. The number of nitrogen functional groups attached to an aromatic ring is 1. The highest BCUT2D eigenvalue weighted by atomic mass is 16.6. The number of aliphatic hydroxyl groups is 3. The molecular weight excluding hydrogens is 382 g/mol. The standard InChI is InChI=1S/C17H19N7O5/c18-16-21-13-10(14(28)22-16)20-17(23-19-6-8-4-2-1-3-5-8)24(13)15-12(27)11(26)9(7-25)29-15/h1-6,9,11-12,15,25-27H,7H2,(H,20,23)(H3,18,21,22,28)/b19-6+. The number of nitrogens with one attached hydrogen (secondary N) is 2. The second-order valence-electron chi connectivity index (χ2n) is 6.44. The van der Waals surface area contributed by atoms with Crippen molar-refractivity contribution in [1.82, 2.24) is 19.5 Å². The molecule has 152 valence electrons. The van der Waals surface area contributed by atoms with Crippen LogP contribution in [0.3, 0.4) is 0 Å². The average Bonchev–Trinajstić information content (AvgIpc) is 3.20. The van der Waals surface area contributed by atoms with Crippen LogP contribution in [0.15, 0.2) is 40.2 Å². The van der Waals surface area contributed by atoms with Crippen molar-refractivity contribution in [2.75, 3.05) is 17.8 Å². The lowest BCUT2D eigenvalue weighted by Gasteiger charge is -2.18. The number of aromatic nitrogens is 4. The number of fused-ring (bicyclic) bond motifs is 1. The first-order valence-corrected chi connectivity index (χ1v) is 8.74. The van der Waals surface area contributed by atoms with Gasteiger partial charge in [-0.05, 0) is 5.56 Å². The van der Waals surface area contributed by atoms with Crippen LogP contribution in [-0.2, 0) is 4.74 Å². The van der Waals surface area contributed by atoms with Gasteiger partial charge in [-0.2, -0.15) is 10.1 Å². The molecule has 4 rings (SSSR count). The summed E-state index contributed by atoms with van der Waals surface area (Å²) in [5.74, 6) is -0.125. The zero-order chi connectivity index (χ0) is 20.5. The van der Waals surface area contributed by atoms with Crippen molar-refractivity contribution in [1.29, 1.82) is 0 Å². The van der Waals surface area contributed by atoms with Gasteiger partial charge in [0.15, 0.2) is 17.4 Å². The quantitative estimate of drug-likeness (QED) is 0.225. The summed E-state index contributed by atoms with van der Waals surface area (Å²) >= 11 is 0. The largest absolute Gasteiger partial charge is 0.394 e. The van der Waals surface area contributed by atoms with Gasteiger partial charge in [-0.25, -0.2) is 10.4 Å². The molecule has 0 amide bonds. The first kappa shape index (κ1) is 19.0. The summed E-state index contributed by atoms with van der Waals surface area (Å²) in [5, 5.41) is 34.0. The van der Waals surface area contributed by atoms with E-state index in [4.69, 9.17) is 10.5 Å². The molecule has 1 aromatic carbocycles. The molecule has 1 saturated heterocycles. The first-order valence-electron chi connectivity index (χ1n) is 8.74. The van der Waals surface area contributed by atoms with Gasteiger partial charge in [-0.15, -0.1) is 0 Å². The number of rotatable bonds is 5. The number of ether oxygens (including phenoxy) is 1. The van der Waals surface area contributed by atoms with Gasteiger partial charge in [-0.1, -0.05) is 30.3 Å². The third-order valence-corrected chi connectivity index (χ3v) is 4.52. The van der Waals surface area contributed by atoms with Crippen LogP contribution in [0, 0.1) is 0 Å². The molecule has 0 radical (unpaired) electrons. The highest BCUT2D eigenvalue weighted by Crippen LogP contribution is 2.33. The van der Waals surface area contributed by atoms with Gasteiger partial charge in [0.05, 0.1) is 12.8 Å². The molecule has 1 aliphatic rings. The summed E-state index contributed by atoms with van der Waals surface area (Å²) in [7, 11) is 0. The van der Waals surface area contributed by atoms with E-state index in [1.165, 1.54) is 10.8 Å². The maximum Gasteiger partial charge on any atom is 0.280 e. The SMILES string of the molecule is Nc1nc2c(nc(N/N=C/c3ccccc3)n2C2OC(CO)C(O)C2O)c(=O)[nH]1. The zero-order valence-corrected chi connectivity index (χ0v) is 15.0. The predicted molar refractivity (Wildman–Crippen MR) is 103 cm³/mol. The van der Waals surface area contributed by atoms with Crippen molar-refractivity contribution in [2.24, 2.45) is 5.10 Å². The van der Waals surface area contributed by atoms with Gasteiger partial charge < -0.3 is 25.8 Å². The van der Waals surface area contributed by atoms with E-state index in [1.54, 1.807) is 0 Å². The number of hydrogen-bond acceptors (Lipinski definition) is 10. The summed E-state index contributed by atoms with van der Waals surface area (Å²) in [6, 6.07) is 9.25. The summed E-state index contributed by atoms with van der Waals surface area (Å²) < 4.78 is 6.83. The number of benzene rings is 1. The van der Waals surface area contributed by atoms with Crippen molar-refractivity contribution in [3.8, 4) is 0 Å². The third kappa shape index (κ3) is 3.45. The molecule has 0 bridgehead atoms.